The Kier molecular flexibility index (Phi) is 11.0. The molecule has 1 aliphatic carbocycles. The van der Waals surface area contributed by atoms with Crippen molar-refractivity contribution in [2.75, 3.05) is 19.8 Å². The number of allylic oxidation sites excluding steroid dienone is 4. The van der Waals surface area contributed by atoms with Gasteiger partial charge in [0.1, 0.15) is 6.04 Å². The fourth-order valence-corrected chi connectivity index (χ4v) is 5.09. The fraction of sp³-hybridized carbons (Fsp3) is 0.533. The molecule has 1 heterocycles. The predicted octanol–water partition coefficient (Wildman–Crippen LogP) is 5.12. The number of nitrogens with zero attached hydrogens (tertiary/aromatic N) is 1. The summed E-state index contributed by atoms with van der Waals surface area (Å²) in [6.45, 7) is 11.4. The monoisotopic (exact) mass is 493 g/mol. The lowest BCUT2D eigenvalue weighted by Crippen LogP contribution is -2.49. The van der Waals surface area contributed by atoms with Crippen LogP contribution in [0.3, 0.4) is 0 Å². The molecule has 6 heteroatoms. The molecular formula is C30H43N3O3. The van der Waals surface area contributed by atoms with Gasteiger partial charge in [-0.3, -0.25) is 14.5 Å². The van der Waals surface area contributed by atoms with Gasteiger partial charge in [-0.05, 0) is 69.7 Å². The first-order valence-corrected chi connectivity index (χ1v) is 13.4. The van der Waals surface area contributed by atoms with E-state index in [1.165, 1.54) is 6.42 Å². The molecule has 1 aromatic rings. The van der Waals surface area contributed by atoms with Crippen molar-refractivity contribution in [3.8, 4) is 0 Å². The average molecular weight is 494 g/mol. The summed E-state index contributed by atoms with van der Waals surface area (Å²) in [5.41, 5.74) is 3.29. The van der Waals surface area contributed by atoms with Crippen molar-refractivity contribution in [3.05, 3.63) is 71.5 Å². The zero-order chi connectivity index (χ0) is 25.9. The molecule has 1 unspecified atom stereocenters. The van der Waals surface area contributed by atoms with Crippen LogP contribution in [0.1, 0.15) is 76.0 Å². The summed E-state index contributed by atoms with van der Waals surface area (Å²) in [7, 11) is 0. The molecule has 2 amide bonds. The summed E-state index contributed by atoms with van der Waals surface area (Å²) < 4.78 is 5.46. The highest BCUT2D eigenvalue weighted by Gasteiger charge is 2.35. The molecule has 1 aliphatic heterocycles. The third-order valence-corrected chi connectivity index (χ3v) is 6.98. The number of hydrogen-bond acceptors (Lipinski definition) is 4. The lowest BCUT2D eigenvalue weighted by atomic mass is 9.93. The van der Waals surface area contributed by atoms with Crippen LogP contribution in [0.5, 0.6) is 0 Å². The van der Waals surface area contributed by atoms with E-state index in [1.807, 2.05) is 63.3 Å². The molecule has 196 valence electrons. The largest absolute Gasteiger partial charge is 0.381 e. The minimum Gasteiger partial charge on any atom is -0.381 e. The van der Waals surface area contributed by atoms with E-state index in [9.17, 15) is 9.59 Å². The number of carbonyl (C=O) groups excluding carboxylic acids is 2. The molecular weight excluding hydrogens is 450 g/mol. The van der Waals surface area contributed by atoms with Crippen LogP contribution >= 0.6 is 0 Å². The number of carbonyl (C=O) groups is 2. The summed E-state index contributed by atoms with van der Waals surface area (Å²) in [5.74, 6) is -0.271. The number of rotatable bonds is 10. The molecule has 3 rings (SSSR count). The van der Waals surface area contributed by atoms with E-state index in [1.54, 1.807) is 4.90 Å². The van der Waals surface area contributed by atoms with Crippen LogP contribution in [0.15, 0.2) is 60.3 Å². The lowest BCUT2D eigenvalue weighted by molar-refractivity contribution is -0.138. The van der Waals surface area contributed by atoms with Crippen LogP contribution in [-0.4, -0.2) is 48.6 Å². The van der Waals surface area contributed by atoms with Crippen molar-refractivity contribution < 1.29 is 14.3 Å². The highest BCUT2D eigenvalue weighted by Crippen LogP contribution is 2.30. The zero-order valence-corrected chi connectivity index (χ0v) is 22.2. The standard InChI is InChI=1S/C30H43N3O3/c1-5-11-26(20-22(2)3)33(28(34)21-31-24-16-18-36-19-17-24)29(27-15-10-9-12-23(27)4)30(35)32-25-13-7-6-8-14-25/h5,9-12,15,20,24-25,29,31H,2,6-8,13-14,16-19,21H2,1,3-4H3,(H,32,35). The average Bonchev–Trinajstić information content (AvgIpc) is 2.87. The van der Waals surface area contributed by atoms with Crippen molar-refractivity contribution >= 4 is 11.8 Å². The van der Waals surface area contributed by atoms with Gasteiger partial charge in [0.2, 0.25) is 11.8 Å². The summed E-state index contributed by atoms with van der Waals surface area (Å²) in [4.78, 5) is 29.6. The van der Waals surface area contributed by atoms with Gasteiger partial charge in [-0.15, -0.1) is 0 Å². The molecule has 1 saturated carbocycles. The fourth-order valence-electron chi connectivity index (χ4n) is 5.09. The van der Waals surface area contributed by atoms with Crippen LogP contribution < -0.4 is 10.6 Å². The van der Waals surface area contributed by atoms with E-state index < -0.39 is 6.04 Å². The number of ether oxygens (including phenoxy) is 1. The Bertz CT molecular complexity index is 956. The normalized spacial score (nSPS) is 18.7. The van der Waals surface area contributed by atoms with Crippen LogP contribution in [-0.2, 0) is 14.3 Å². The van der Waals surface area contributed by atoms with E-state index in [2.05, 4.69) is 17.2 Å². The van der Waals surface area contributed by atoms with Crippen LogP contribution in [0.2, 0.25) is 0 Å². The number of hydrogen-bond donors (Lipinski definition) is 2. The Hall–Kier alpha value is -2.70. The molecule has 0 bridgehead atoms. The van der Waals surface area contributed by atoms with Crippen molar-refractivity contribution in [2.24, 2.45) is 0 Å². The van der Waals surface area contributed by atoms with Gasteiger partial charge in [0, 0.05) is 31.0 Å². The van der Waals surface area contributed by atoms with Crippen molar-refractivity contribution in [3.63, 3.8) is 0 Å². The maximum atomic E-state index is 14.0. The maximum Gasteiger partial charge on any atom is 0.248 e. The lowest BCUT2D eigenvalue weighted by Gasteiger charge is -2.35. The smallest absolute Gasteiger partial charge is 0.248 e. The van der Waals surface area contributed by atoms with Gasteiger partial charge in [0.25, 0.3) is 0 Å². The predicted molar refractivity (Wildman–Crippen MR) is 145 cm³/mol. The van der Waals surface area contributed by atoms with Crippen LogP contribution in [0.25, 0.3) is 0 Å². The Morgan fingerprint density at radius 3 is 2.44 bits per heavy atom. The van der Waals surface area contributed by atoms with Crippen LogP contribution in [0.4, 0.5) is 0 Å². The Balaban J connectivity index is 2.00. The zero-order valence-electron chi connectivity index (χ0n) is 22.2. The SMILES string of the molecule is C=C(C)C=C(C=CC)N(C(=O)CNC1CCOCC1)C(C(=O)NC1CCCCC1)c1ccccc1C. The molecule has 2 N–H and O–H groups in total. The molecule has 0 aromatic heterocycles. The molecule has 2 aliphatic rings. The van der Waals surface area contributed by atoms with Gasteiger partial charge in [-0.1, -0.05) is 61.8 Å². The molecule has 1 saturated heterocycles. The van der Waals surface area contributed by atoms with Gasteiger partial charge < -0.3 is 15.4 Å². The van der Waals surface area contributed by atoms with Gasteiger partial charge in [-0.25, -0.2) is 0 Å². The number of amides is 2. The molecule has 1 atom stereocenters. The van der Waals surface area contributed by atoms with Gasteiger partial charge in [0.05, 0.1) is 6.54 Å². The quantitative estimate of drug-likeness (QED) is 0.444. The molecule has 36 heavy (non-hydrogen) atoms. The summed E-state index contributed by atoms with van der Waals surface area (Å²) in [6.07, 6.45) is 12.8. The maximum absolute atomic E-state index is 14.0. The molecule has 0 radical (unpaired) electrons. The topological polar surface area (TPSA) is 70.7 Å². The van der Waals surface area contributed by atoms with E-state index in [4.69, 9.17) is 4.74 Å². The summed E-state index contributed by atoms with van der Waals surface area (Å²) in [5, 5.41) is 6.71. The van der Waals surface area contributed by atoms with E-state index in [-0.39, 0.29) is 30.4 Å². The van der Waals surface area contributed by atoms with E-state index in [0.717, 1.165) is 55.2 Å². The number of nitrogens with one attached hydrogen (secondary N) is 2. The second-order valence-electron chi connectivity index (χ2n) is 10.0. The Morgan fingerprint density at radius 2 is 1.81 bits per heavy atom. The first-order chi connectivity index (χ1) is 17.4. The third-order valence-electron chi connectivity index (χ3n) is 6.98. The Labute approximate surface area is 216 Å². The molecule has 1 aromatic carbocycles. The highest BCUT2D eigenvalue weighted by atomic mass is 16.5. The highest BCUT2D eigenvalue weighted by molar-refractivity contribution is 5.91. The second kappa shape index (κ2) is 14.1. The number of benzene rings is 1. The van der Waals surface area contributed by atoms with E-state index in [0.29, 0.717) is 18.9 Å². The summed E-state index contributed by atoms with van der Waals surface area (Å²) in [6, 6.07) is 7.45. The van der Waals surface area contributed by atoms with Gasteiger partial charge in [-0.2, -0.15) is 0 Å². The minimum absolute atomic E-state index is 0.132. The van der Waals surface area contributed by atoms with Crippen molar-refractivity contribution in [1.82, 2.24) is 15.5 Å². The Morgan fingerprint density at radius 1 is 1.11 bits per heavy atom. The number of aryl methyl sites for hydroxylation is 1. The third kappa shape index (κ3) is 7.90. The second-order valence-corrected chi connectivity index (χ2v) is 10.0. The molecule has 0 spiro atoms. The molecule has 6 nitrogen and oxygen atoms in total. The van der Waals surface area contributed by atoms with E-state index >= 15 is 0 Å². The first-order valence-electron chi connectivity index (χ1n) is 13.4. The minimum atomic E-state index is -0.779. The van der Waals surface area contributed by atoms with Crippen molar-refractivity contribution in [2.45, 2.75) is 83.8 Å². The van der Waals surface area contributed by atoms with Crippen LogP contribution in [0, 0.1) is 6.92 Å². The van der Waals surface area contributed by atoms with Gasteiger partial charge >= 0.3 is 0 Å². The van der Waals surface area contributed by atoms with Crippen molar-refractivity contribution in [1.29, 1.82) is 0 Å². The van der Waals surface area contributed by atoms with Gasteiger partial charge in [0.15, 0.2) is 0 Å². The molecule has 2 fully saturated rings. The summed E-state index contributed by atoms with van der Waals surface area (Å²) >= 11 is 0. The first kappa shape index (κ1) is 27.9.